The van der Waals surface area contributed by atoms with Crippen LogP contribution >= 0.6 is 23.2 Å². The fourth-order valence-corrected chi connectivity index (χ4v) is 1.89. The minimum absolute atomic E-state index is 0.231. The minimum atomic E-state index is 0.231. The summed E-state index contributed by atoms with van der Waals surface area (Å²) in [7, 11) is 0. The Labute approximate surface area is 116 Å². The molecular formula is C13H12Cl2N2O. The van der Waals surface area contributed by atoms with Crippen LogP contribution in [0.15, 0.2) is 18.2 Å². The van der Waals surface area contributed by atoms with Gasteiger partial charge in [-0.2, -0.15) is 0 Å². The molecule has 0 saturated heterocycles. The van der Waals surface area contributed by atoms with E-state index in [2.05, 4.69) is 9.97 Å². The molecule has 1 heterocycles. The molecule has 0 bridgehead atoms. The smallest absolute Gasteiger partial charge is 0.257 e. The first-order valence-corrected chi connectivity index (χ1v) is 6.17. The third-order valence-corrected chi connectivity index (χ3v) is 3.07. The molecule has 2 aromatic rings. The van der Waals surface area contributed by atoms with E-state index >= 15 is 0 Å². The van der Waals surface area contributed by atoms with Crippen molar-refractivity contribution in [1.82, 2.24) is 9.97 Å². The molecule has 5 heteroatoms. The average molecular weight is 283 g/mol. The lowest BCUT2D eigenvalue weighted by atomic mass is 10.2. The predicted octanol–water partition coefficient (Wildman–Crippen LogP) is 4.50. The number of ether oxygens (including phenoxy) is 1. The Morgan fingerprint density at radius 3 is 2.33 bits per heavy atom. The molecule has 94 valence electrons. The maximum atomic E-state index is 6.09. The molecular weight excluding hydrogens is 271 g/mol. The van der Waals surface area contributed by atoms with Crippen molar-refractivity contribution in [1.29, 1.82) is 0 Å². The van der Waals surface area contributed by atoms with E-state index in [1.54, 1.807) is 6.07 Å². The van der Waals surface area contributed by atoms with Crippen LogP contribution in [-0.4, -0.2) is 9.97 Å². The summed E-state index contributed by atoms with van der Waals surface area (Å²) in [5.41, 5.74) is 2.62. The second kappa shape index (κ2) is 5.12. The third kappa shape index (κ3) is 2.74. The molecule has 0 aliphatic rings. The van der Waals surface area contributed by atoms with Crippen molar-refractivity contribution in [2.24, 2.45) is 0 Å². The molecule has 0 fully saturated rings. The fraction of sp³-hybridized carbons (Fsp3) is 0.231. The van der Waals surface area contributed by atoms with Gasteiger partial charge in [0.05, 0.1) is 16.4 Å². The molecule has 0 atom stereocenters. The molecule has 0 N–H and O–H groups in total. The number of halogens is 2. The quantitative estimate of drug-likeness (QED) is 0.813. The van der Waals surface area contributed by atoms with Gasteiger partial charge in [0.1, 0.15) is 5.75 Å². The predicted molar refractivity (Wildman–Crippen MR) is 72.8 cm³/mol. The molecule has 3 nitrogen and oxygen atoms in total. The Kier molecular flexibility index (Phi) is 3.73. The molecule has 1 aromatic carbocycles. The van der Waals surface area contributed by atoms with E-state index in [1.165, 1.54) is 0 Å². The van der Waals surface area contributed by atoms with E-state index in [-0.39, 0.29) is 11.0 Å². The van der Waals surface area contributed by atoms with Gasteiger partial charge in [0.25, 0.3) is 5.88 Å². The Bertz CT molecular complexity index is 600. The van der Waals surface area contributed by atoms with Crippen LogP contribution in [-0.2, 0) is 0 Å². The van der Waals surface area contributed by atoms with Crippen LogP contribution < -0.4 is 4.74 Å². The molecule has 0 saturated carbocycles. The van der Waals surface area contributed by atoms with E-state index in [1.807, 2.05) is 32.9 Å². The van der Waals surface area contributed by atoms with Gasteiger partial charge in [0.2, 0.25) is 0 Å². The maximum absolute atomic E-state index is 6.09. The van der Waals surface area contributed by atoms with Crippen molar-refractivity contribution in [3.05, 3.63) is 45.3 Å². The van der Waals surface area contributed by atoms with Crippen LogP contribution in [0.3, 0.4) is 0 Å². The summed E-state index contributed by atoms with van der Waals surface area (Å²) < 4.78 is 5.59. The van der Waals surface area contributed by atoms with Gasteiger partial charge >= 0.3 is 0 Å². The van der Waals surface area contributed by atoms with Crippen LogP contribution in [0.4, 0.5) is 0 Å². The number of rotatable bonds is 2. The average Bonchev–Trinajstić information content (AvgIpc) is 2.29. The first-order chi connectivity index (χ1) is 8.47. The summed E-state index contributed by atoms with van der Waals surface area (Å²) in [6, 6.07) is 5.51. The van der Waals surface area contributed by atoms with E-state index < -0.39 is 0 Å². The zero-order valence-corrected chi connectivity index (χ0v) is 11.8. The van der Waals surface area contributed by atoms with E-state index in [0.29, 0.717) is 10.8 Å². The second-order valence-corrected chi connectivity index (χ2v) is 4.79. The van der Waals surface area contributed by atoms with Crippen molar-refractivity contribution in [2.45, 2.75) is 20.8 Å². The van der Waals surface area contributed by atoms with Crippen molar-refractivity contribution in [2.75, 3.05) is 0 Å². The van der Waals surface area contributed by atoms with Gasteiger partial charge in [0, 0.05) is 0 Å². The molecule has 18 heavy (non-hydrogen) atoms. The normalized spacial score (nSPS) is 10.5. The van der Waals surface area contributed by atoms with Crippen molar-refractivity contribution in [3.8, 4) is 11.6 Å². The van der Waals surface area contributed by atoms with Gasteiger partial charge in [-0.05, 0) is 38.5 Å². The van der Waals surface area contributed by atoms with Crippen LogP contribution in [0.2, 0.25) is 10.2 Å². The number of nitrogens with zero attached hydrogens (tertiary/aromatic N) is 2. The highest BCUT2D eigenvalue weighted by molar-refractivity contribution is 6.32. The second-order valence-electron chi connectivity index (χ2n) is 4.03. The summed E-state index contributed by atoms with van der Waals surface area (Å²) in [4.78, 5) is 8.41. The van der Waals surface area contributed by atoms with Crippen molar-refractivity contribution >= 4 is 23.2 Å². The summed E-state index contributed by atoms with van der Waals surface area (Å²) in [5, 5.41) is 0.751. The lowest BCUT2D eigenvalue weighted by molar-refractivity contribution is 0.458. The zero-order valence-electron chi connectivity index (χ0n) is 10.3. The molecule has 0 amide bonds. The highest BCUT2D eigenvalue weighted by atomic mass is 35.5. The standard InChI is InChI=1S/C13H12Cl2N2O/c1-7-4-5-11(10(14)6-7)18-13-12(15)16-8(2)9(3)17-13/h4-6H,1-3H3. The highest BCUT2D eigenvalue weighted by Crippen LogP contribution is 2.32. The first kappa shape index (κ1) is 13.1. The van der Waals surface area contributed by atoms with E-state index in [4.69, 9.17) is 27.9 Å². The van der Waals surface area contributed by atoms with Crippen molar-refractivity contribution in [3.63, 3.8) is 0 Å². The molecule has 1 aromatic heterocycles. The molecule has 0 unspecified atom stereocenters. The first-order valence-electron chi connectivity index (χ1n) is 5.42. The molecule has 0 aliphatic carbocycles. The Morgan fingerprint density at radius 2 is 1.67 bits per heavy atom. The largest absolute Gasteiger partial charge is 0.435 e. The number of aryl methyl sites for hydroxylation is 3. The molecule has 2 rings (SSSR count). The van der Waals surface area contributed by atoms with Gasteiger partial charge in [-0.1, -0.05) is 29.3 Å². The lowest BCUT2D eigenvalue weighted by Gasteiger charge is -2.09. The topological polar surface area (TPSA) is 35.0 Å². The Morgan fingerprint density at radius 1 is 1.00 bits per heavy atom. The monoisotopic (exact) mass is 282 g/mol. The van der Waals surface area contributed by atoms with E-state index in [9.17, 15) is 0 Å². The maximum Gasteiger partial charge on any atom is 0.257 e. The number of hydrogen-bond acceptors (Lipinski definition) is 3. The van der Waals surface area contributed by atoms with Crippen LogP contribution in [0, 0.1) is 20.8 Å². The van der Waals surface area contributed by atoms with Gasteiger partial charge in [-0.3, -0.25) is 0 Å². The third-order valence-electron chi connectivity index (χ3n) is 2.53. The van der Waals surface area contributed by atoms with Gasteiger partial charge < -0.3 is 4.74 Å². The van der Waals surface area contributed by atoms with Crippen LogP contribution in [0.25, 0.3) is 0 Å². The van der Waals surface area contributed by atoms with E-state index in [0.717, 1.165) is 17.0 Å². The SMILES string of the molecule is Cc1ccc(Oc2nc(C)c(C)nc2Cl)c(Cl)c1. The molecule has 0 spiro atoms. The summed E-state index contributed by atoms with van der Waals surface area (Å²) in [6.07, 6.45) is 0. The summed E-state index contributed by atoms with van der Waals surface area (Å²) in [6.45, 7) is 5.65. The molecule has 0 radical (unpaired) electrons. The van der Waals surface area contributed by atoms with Crippen LogP contribution in [0.1, 0.15) is 17.0 Å². The minimum Gasteiger partial charge on any atom is -0.435 e. The number of aromatic nitrogens is 2. The lowest BCUT2D eigenvalue weighted by Crippen LogP contribution is -1.97. The van der Waals surface area contributed by atoms with Crippen molar-refractivity contribution < 1.29 is 4.74 Å². The summed E-state index contributed by atoms with van der Waals surface area (Å²) in [5.74, 6) is 0.784. The van der Waals surface area contributed by atoms with Crippen LogP contribution in [0.5, 0.6) is 11.6 Å². The van der Waals surface area contributed by atoms with Gasteiger partial charge in [-0.25, -0.2) is 9.97 Å². The zero-order chi connectivity index (χ0) is 13.3. The summed E-state index contributed by atoms with van der Waals surface area (Å²) >= 11 is 12.1. The molecule has 0 aliphatic heterocycles. The Hall–Kier alpha value is -1.32. The highest BCUT2D eigenvalue weighted by Gasteiger charge is 2.11. The van der Waals surface area contributed by atoms with Gasteiger partial charge in [-0.15, -0.1) is 0 Å². The van der Waals surface area contributed by atoms with Gasteiger partial charge in [0.15, 0.2) is 5.15 Å². The fourth-order valence-electron chi connectivity index (χ4n) is 1.41. The number of hydrogen-bond donors (Lipinski definition) is 0. The number of benzene rings is 1. The Balaban J connectivity index is 2.37.